The number of pyridine rings is 1. The number of fused-ring (bicyclic) bond motifs is 1. The molecule has 0 radical (unpaired) electrons. The number of carbonyl (C=O) groups is 1. The Hall–Kier alpha value is -1.88. The van der Waals surface area contributed by atoms with Crippen LogP contribution in [0.3, 0.4) is 0 Å². The summed E-state index contributed by atoms with van der Waals surface area (Å²) < 4.78 is 6.85. The molecular formula is C15H21N3O2. The summed E-state index contributed by atoms with van der Waals surface area (Å²) in [5.74, 6) is -0.238. The van der Waals surface area contributed by atoms with Gasteiger partial charge in [0, 0.05) is 30.4 Å². The summed E-state index contributed by atoms with van der Waals surface area (Å²) in [5, 5.41) is 4.46. The number of nitrogens with zero attached hydrogens (tertiary/aromatic N) is 2. The highest BCUT2D eigenvalue weighted by atomic mass is 16.5. The number of rotatable bonds is 6. The molecular weight excluding hydrogens is 254 g/mol. The molecule has 0 fully saturated rings. The smallest absolute Gasteiger partial charge is 0.325 e. The highest BCUT2D eigenvalue weighted by Crippen LogP contribution is 2.19. The number of aromatic nitrogens is 2. The zero-order chi connectivity index (χ0) is 14.5. The third kappa shape index (κ3) is 3.36. The van der Waals surface area contributed by atoms with Gasteiger partial charge < -0.3 is 14.6 Å². The first-order valence-corrected chi connectivity index (χ1v) is 6.93. The van der Waals surface area contributed by atoms with Crippen LogP contribution in [0.1, 0.15) is 26.3 Å². The summed E-state index contributed by atoms with van der Waals surface area (Å²) in [6.45, 7) is 7.37. The second-order valence-corrected chi connectivity index (χ2v) is 5.00. The Bertz CT molecular complexity index is 590. The minimum absolute atomic E-state index is 0.197. The van der Waals surface area contributed by atoms with Crippen molar-refractivity contribution in [2.45, 2.75) is 39.9 Å². The van der Waals surface area contributed by atoms with Crippen molar-refractivity contribution in [3.05, 3.63) is 30.1 Å². The van der Waals surface area contributed by atoms with Crippen LogP contribution in [0.4, 0.5) is 0 Å². The lowest BCUT2D eigenvalue weighted by Crippen LogP contribution is -2.21. The molecule has 0 spiro atoms. The molecule has 0 aliphatic rings. The van der Waals surface area contributed by atoms with Gasteiger partial charge in [0.25, 0.3) is 0 Å². The van der Waals surface area contributed by atoms with Gasteiger partial charge >= 0.3 is 5.97 Å². The molecule has 0 saturated carbocycles. The van der Waals surface area contributed by atoms with E-state index in [4.69, 9.17) is 4.74 Å². The fourth-order valence-corrected chi connectivity index (χ4v) is 2.12. The average molecular weight is 275 g/mol. The predicted molar refractivity (Wildman–Crippen MR) is 78.3 cm³/mol. The topological polar surface area (TPSA) is 56.1 Å². The van der Waals surface area contributed by atoms with Crippen LogP contribution < -0.4 is 5.32 Å². The molecule has 20 heavy (non-hydrogen) atoms. The van der Waals surface area contributed by atoms with Gasteiger partial charge in [-0.2, -0.15) is 0 Å². The number of hydrogen-bond acceptors (Lipinski definition) is 4. The zero-order valence-corrected chi connectivity index (χ0v) is 12.2. The van der Waals surface area contributed by atoms with Gasteiger partial charge in [0.2, 0.25) is 0 Å². The number of nitrogens with one attached hydrogen (secondary N) is 1. The number of carbonyl (C=O) groups excluding carboxylic acids is 1. The minimum Gasteiger partial charge on any atom is -0.465 e. The fraction of sp³-hybridized carbons (Fsp3) is 0.467. The fourth-order valence-electron chi connectivity index (χ4n) is 2.12. The van der Waals surface area contributed by atoms with E-state index in [1.54, 1.807) is 6.20 Å². The van der Waals surface area contributed by atoms with Crippen molar-refractivity contribution < 1.29 is 9.53 Å². The van der Waals surface area contributed by atoms with E-state index in [2.05, 4.69) is 24.1 Å². The van der Waals surface area contributed by atoms with Crippen LogP contribution in [0.15, 0.2) is 24.5 Å². The van der Waals surface area contributed by atoms with E-state index in [-0.39, 0.29) is 12.5 Å². The van der Waals surface area contributed by atoms with Crippen molar-refractivity contribution in [3.8, 4) is 0 Å². The Morgan fingerprint density at radius 2 is 2.30 bits per heavy atom. The molecule has 2 rings (SSSR count). The minimum atomic E-state index is -0.238. The molecule has 0 aromatic carbocycles. The van der Waals surface area contributed by atoms with Gasteiger partial charge in [0.05, 0.1) is 6.61 Å². The molecule has 0 unspecified atom stereocenters. The Kier molecular flexibility index (Phi) is 4.74. The second-order valence-electron chi connectivity index (χ2n) is 5.00. The summed E-state index contributed by atoms with van der Waals surface area (Å²) in [6.07, 6.45) is 3.72. The standard InChI is InChI=1S/C15H21N3O2/c1-4-20-14(19)10-18-9-12(8-17-11(2)3)13-6-5-7-16-15(13)18/h5-7,9,11,17H,4,8,10H2,1-3H3. The van der Waals surface area contributed by atoms with Gasteiger partial charge in [-0.1, -0.05) is 13.8 Å². The van der Waals surface area contributed by atoms with Gasteiger partial charge in [-0.05, 0) is 24.6 Å². The van der Waals surface area contributed by atoms with Crippen LogP contribution in [0.25, 0.3) is 11.0 Å². The number of ether oxygens (including phenoxy) is 1. The lowest BCUT2D eigenvalue weighted by atomic mass is 10.2. The molecule has 1 N–H and O–H groups in total. The quantitative estimate of drug-likeness (QED) is 0.820. The van der Waals surface area contributed by atoms with Crippen molar-refractivity contribution in [1.82, 2.24) is 14.9 Å². The predicted octanol–water partition coefficient (Wildman–Crippen LogP) is 2.10. The van der Waals surface area contributed by atoms with Gasteiger partial charge in [-0.15, -0.1) is 0 Å². The summed E-state index contributed by atoms with van der Waals surface area (Å²) in [4.78, 5) is 16.0. The van der Waals surface area contributed by atoms with Crippen molar-refractivity contribution in [3.63, 3.8) is 0 Å². The maximum absolute atomic E-state index is 11.6. The van der Waals surface area contributed by atoms with Gasteiger partial charge in [0.15, 0.2) is 0 Å². The largest absolute Gasteiger partial charge is 0.465 e. The monoisotopic (exact) mass is 275 g/mol. The summed E-state index contributed by atoms with van der Waals surface area (Å²) in [6, 6.07) is 4.35. The molecule has 2 heterocycles. The molecule has 0 amide bonds. The van der Waals surface area contributed by atoms with Crippen LogP contribution in [0, 0.1) is 0 Å². The van der Waals surface area contributed by atoms with E-state index < -0.39 is 0 Å². The molecule has 5 heteroatoms. The zero-order valence-electron chi connectivity index (χ0n) is 12.2. The van der Waals surface area contributed by atoms with E-state index in [1.165, 1.54) is 0 Å². The van der Waals surface area contributed by atoms with Gasteiger partial charge in [0.1, 0.15) is 12.2 Å². The van der Waals surface area contributed by atoms with Crippen molar-refractivity contribution in [1.29, 1.82) is 0 Å². The maximum atomic E-state index is 11.6. The molecule has 2 aromatic rings. The van der Waals surface area contributed by atoms with E-state index >= 15 is 0 Å². The molecule has 0 bridgehead atoms. The summed E-state index contributed by atoms with van der Waals surface area (Å²) >= 11 is 0. The van der Waals surface area contributed by atoms with E-state index in [9.17, 15) is 4.79 Å². The molecule has 0 aliphatic carbocycles. The molecule has 0 atom stereocenters. The third-order valence-corrected chi connectivity index (χ3v) is 3.02. The second kappa shape index (κ2) is 6.52. The Balaban J connectivity index is 2.28. The average Bonchev–Trinajstić information content (AvgIpc) is 2.75. The van der Waals surface area contributed by atoms with Crippen LogP contribution in [0.2, 0.25) is 0 Å². The van der Waals surface area contributed by atoms with Crippen LogP contribution >= 0.6 is 0 Å². The van der Waals surface area contributed by atoms with Crippen molar-refractivity contribution in [2.24, 2.45) is 0 Å². The van der Waals surface area contributed by atoms with Gasteiger partial charge in [-0.25, -0.2) is 4.98 Å². The van der Waals surface area contributed by atoms with Crippen LogP contribution in [-0.2, 0) is 22.6 Å². The highest BCUT2D eigenvalue weighted by Gasteiger charge is 2.12. The SMILES string of the molecule is CCOC(=O)Cn1cc(CNC(C)C)c2cccnc21. The Labute approximate surface area is 118 Å². The highest BCUT2D eigenvalue weighted by molar-refractivity contribution is 5.82. The number of hydrogen-bond donors (Lipinski definition) is 1. The normalized spacial score (nSPS) is 11.2. The van der Waals surface area contributed by atoms with Crippen LogP contribution in [0.5, 0.6) is 0 Å². The number of esters is 1. The summed E-state index contributed by atoms with van der Waals surface area (Å²) in [5.41, 5.74) is 1.97. The molecule has 2 aromatic heterocycles. The maximum Gasteiger partial charge on any atom is 0.325 e. The first kappa shape index (κ1) is 14.5. The molecule has 108 valence electrons. The molecule has 0 aliphatic heterocycles. The van der Waals surface area contributed by atoms with Crippen molar-refractivity contribution >= 4 is 17.0 Å². The Morgan fingerprint density at radius 1 is 1.50 bits per heavy atom. The van der Waals surface area contributed by atoms with E-state index in [0.29, 0.717) is 12.6 Å². The Morgan fingerprint density at radius 3 is 3.00 bits per heavy atom. The van der Waals surface area contributed by atoms with E-state index in [1.807, 2.05) is 29.8 Å². The lowest BCUT2D eigenvalue weighted by Gasteiger charge is -2.06. The molecule has 0 saturated heterocycles. The molecule has 5 nitrogen and oxygen atoms in total. The first-order valence-electron chi connectivity index (χ1n) is 6.93. The van der Waals surface area contributed by atoms with Crippen molar-refractivity contribution in [2.75, 3.05) is 6.61 Å². The summed E-state index contributed by atoms with van der Waals surface area (Å²) in [7, 11) is 0. The van der Waals surface area contributed by atoms with E-state index in [0.717, 1.165) is 23.1 Å². The lowest BCUT2D eigenvalue weighted by molar-refractivity contribution is -0.143. The third-order valence-electron chi connectivity index (χ3n) is 3.02. The van der Waals surface area contributed by atoms with Gasteiger partial charge in [-0.3, -0.25) is 4.79 Å². The first-order chi connectivity index (χ1) is 9.61. The van der Waals surface area contributed by atoms with Crippen LogP contribution in [-0.4, -0.2) is 28.2 Å².